The molecule has 90 valence electrons. The second-order valence-corrected chi connectivity index (χ2v) is 5.41. The van der Waals surface area contributed by atoms with Gasteiger partial charge >= 0.3 is 0 Å². The summed E-state index contributed by atoms with van der Waals surface area (Å²) >= 11 is 1.50. The third-order valence-corrected chi connectivity index (χ3v) is 3.90. The summed E-state index contributed by atoms with van der Waals surface area (Å²) in [5.74, 6) is 1.10. The molecule has 0 spiro atoms. The number of pyridine rings is 1. The highest BCUT2D eigenvalue weighted by Crippen LogP contribution is 2.33. The van der Waals surface area contributed by atoms with Crippen LogP contribution in [0, 0.1) is 11.7 Å². The van der Waals surface area contributed by atoms with Gasteiger partial charge in [-0.1, -0.05) is 13.8 Å². The van der Waals surface area contributed by atoms with Crippen LogP contribution in [0.15, 0.2) is 29.3 Å². The second kappa shape index (κ2) is 4.92. The molecule has 0 saturated carbocycles. The fraction of sp³-hybridized carbons (Fsp3) is 0.308. The molecule has 1 heterocycles. The summed E-state index contributed by atoms with van der Waals surface area (Å²) in [6.07, 6.45) is 1.67. The number of halogens is 1. The molecule has 2 aromatic rings. The number of nitrogens with zero attached hydrogens (tertiary/aromatic N) is 1. The van der Waals surface area contributed by atoms with Crippen LogP contribution < -0.4 is 5.73 Å². The number of aromatic nitrogens is 1. The van der Waals surface area contributed by atoms with E-state index in [1.165, 1.54) is 17.8 Å². The van der Waals surface area contributed by atoms with Crippen LogP contribution in [0.4, 0.5) is 10.1 Å². The molecule has 2 rings (SSSR count). The molecule has 0 aliphatic heterocycles. The highest BCUT2D eigenvalue weighted by molar-refractivity contribution is 7.99. The first-order valence-corrected chi connectivity index (χ1v) is 6.53. The van der Waals surface area contributed by atoms with Gasteiger partial charge in [0.2, 0.25) is 0 Å². The molecule has 1 aromatic carbocycles. The first kappa shape index (κ1) is 12.2. The van der Waals surface area contributed by atoms with Crippen molar-refractivity contribution in [2.75, 3.05) is 11.5 Å². The zero-order chi connectivity index (χ0) is 12.4. The third kappa shape index (κ3) is 2.52. The Balaban J connectivity index is 2.53. The van der Waals surface area contributed by atoms with E-state index in [1.807, 2.05) is 12.1 Å². The topological polar surface area (TPSA) is 38.9 Å². The summed E-state index contributed by atoms with van der Waals surface area (Å²) in [5, 5.41) is 0.820. The van der Waals surface area contributed by atoms with Crippen molar-refractivity contribution in [1.29, 1.82) is 0 Å². The Morgan fingerprint density at radius 3 is 2.94 bits per heavy atom. The number of rotatable bonds is 3. The van der Waals surface area contributed by atoms with Gasteiger partial charge in [0.1, 0.15) is 5.82 Å². The molecular weight excluding hydrogens is 235 g/mol. The molecule has 0 aliphatic carbocycles. The minimum Gasteiger partial charge on any atom is -0.398 e. The zero-order valence-electron chi connectivity index (χ0n) is 9.90. The van der Waals surface area contributed by atoms with Gasteiger partial charge in [0.25, 0.3) is 0 Å². The first-order chi connectivity index (χ1) is 8.09. The second-order valence-electron chi connectivity index (χ2n) is 4.38. The molecule has 0 radical (unpaired) electrons. The van der Waals surface area contributed by atoms with E-state index in [4.69, 9.17) is 5.73 Å². The van der Waals surface area contributed by atoms with Gasteiger partial charge in [-0.2, -0.15) is 0 Å². The molecular formula is C13H15FN2S. The molecule has 0 aliphatic rings. The number of hydrogen-bond donors (Lipinski definition) is 1. The van der Waals surface area contributed by atoms with Gasteiger partial charge in [-0.05, 0) is 24.1 Å². The number of benzene rings is 1. The fourth-order valence-electron chi connectivity index (χ4n) is 1.60. The van der Waals surface area contributed by atoms with E-state index < -0.39 is 0 Å². The Morgan fingerprint density at radius 1 is 1.47 bits per heavy atom. The van der Waals surface area contributed by atoms with Gasteiger partial charge in [0.05, 0.1) is 10.4 Å². The number of anilines is 1. The van der Waals surface area contributed by atoms with Crippen LogP contribution >= 0.6 is 11.8 Å². The molecule has 0 saturated heterocycles. The van der Waals surface area contributed by atoms with Crippen LogP contribution in [0.3, 0.4) is 0 Å². The average molecular weight is 250 g/mol. The minimum absolute atomic E-state index is 0.278. The number of hydrogen-bond acceptors (Lipinski definition) is 3. The van der Waals surface area contributed by atoms with E-state index in [2.05, 4.69) is 18.8 Å². The lowest BCUT2D eigenvalue weighted by molar-refractivity contribution is 0.605. The Bertz CT molecular complexity index is 540. The molecule has 2 N–H and O–H groups in total. The largest absolute Gasteiger partial charge is 0.398 e. The Morgan fingerprint density at radius 2 is 2.24 bits per heavy atom. The van der Waals surface area contributed by atoms with Crippen molar-refractivity contribution in [2.45, 2.75) is 18.7 Å². The minimum atomic E-state index is -0.278. The van der Waals surface area contributed by atoms with Crippen LogP contribution in [-0.2, 0) is 0 Å². The molecule has 4 heteroatoms. The van der Waals surface area contributed by atoms with Crippen molar-refractivity contribution < 1.29 is 4.39 Å². The summed E-state index contributed by atoms with van der Waals surface area (Å²) in [4.78, 5) is 4.84. The SMILES string of the molecule is CC(C)CSc1c(F)cc(N)c2cccnc12. The predicted molar refractivity (Wildman–Crippen MR) is 71.7 cm³/mol. The van der Waals surface area contributed by atoms with E-state index in [0.29, 0.717) is 22.0 Å². The summed E-state index contributed by atoms with van der Waals surface area (Å²) in [5.41, 5.74) is 6.90. The Hall–Kier alpha value is -1.29. The van der Waals surface area contributed by atoms with Crippen molar-refractivity contribution in [3.05, 3.63) is 30.2 Å². The number of fused-ring (bicyclic) bond motifs is 1. The van der Waals surface area contributed by atoms with Gasteiger partial charge in [0, 0.05) is 23.0 Å². The van der Waals surface area contributed by atoms with Gasteiger partial charge in [-0.3, -0.25) is 4.98 Å². The summed E-state index contributed by atoms with van der Waals surface area (Å²) in [6.45, 7) is 4.22. The standard InChI is InChI=1S/C13H15FN2S/c1-8(2)7-17-13-10(14)6-11(15)9-4-3-5-16-12(9)13/h3-6,8H,7,15H2,1-2H3. The van der Waals surface area contributed by atoms with E-state index in [0.717, 1.165) is 11.1 Å². The van der Waals surface area contributed by atoms with Crippen molar-refractivity contribution >= 4 is 28.4 Å². The van der Waals surface area contributed by atoms with E-state index in [-0.39, 0.29) is 5.82 Å². The quantitative estimate of drug-likeness (QED) is 0.666. The lowest BCUT2D eigenvalue weighted by Gasteiger charge is -2.10. The molecule has 0 bridgehead atoms. The maximum absolute atomic E-state index is 13.9. The normalized spacial score (nSPS) is 11.3. The molecule has 1 aromatic heterocycles. The lowest BCUT2D eigenvalue weighted by atomic mass is 10.2. The smallest absolute Gasteiger partial charge is 0.141 e. The summed E-state index contributed by atoms with van der Waals surface area (Å²) in [7, 11) is 0. The highest BCUT2D eigenvalue weighted by Gasteiger charge is 2.12. The third-order valence-electron chi connectivity index (χ3n) is 2.39. The van der Waals surface area contributed by atoms with Gasteiger partial charge < -0.3 is 5.73 Å². The van der Waals surface area contributed by atoms with Gasteiger partial charge in [0.15, 0.2) is 0 Å². The summed E-state index contributed by atoms with van der Waals surface area (Å²) < 4.78 is 13.9. The number of nitrogens with two attached hydrogens (primary N) is 1. The van der Waals surface area contributed by atoms with Crippen molar-refractivity contribution in [3.8, 4) is 0 Å². The summed E-state index contributed by atoms with van der Waals surface area (Å²) in [6, 6.07) is 5.07. The fourth-order valence-corrected chi connectivity index (χ4v) is 2.60. The zero-order valence-corrected chi connectivity index (χ0v) is 10.7. The van der Waals surface area contributed by atoms with Crippen molar-refractivity contribution in [1.82, 2.24) is 4.98 Å². The average Bonchev–Trinajstić information content (AvgIpc) is 2.28. The molecule has 0 unspecified atom stereocenters. The molecule has 0 fully saturated rings. The maximum atomic E-state index is 13.9. The monoisotopic (exact) mass is 250 g/mol. The predicted octanol–water partition coefficient (Wildman–Crippen LogP) is 3.70. The number of thioether (sulfide) groups is 1. The maximum Gasteiger partial charge on any atom is 0.141 e. The van der Waals surface area contributed by atoms with E-state index >= 15 is 0 Å². The van der Waals surface area contributed by atoms with Crippen LogP contribution in [0.1, 0.15) is 13.8 Å². The molecule has 0 atom stereocenters. The van der Waals surface area contributed by atoms with Crippen LogP contribution in [-0.4, -0.2) is 10.7 Å². The van der Waals surface area contributed by atoms with Gasteiger partial charge in [-0.15, -0.1) is 11.8 Å². The molecule has 2 nitrogen and oxygen atoms in total. The Labute approximate surface area is 104 Å². The van der Waals surface area contributed by atoms with E-state index in [9.17, 15) is 4.39 Å². The van der Waals surface area contributed by atoms with Crippen LogP contribution in [0.2, 0.25) is 0 Å². The molecule has 17 heavy (non-hydrogen) atoms. The van der Waals surface area contributed by atoms with Crippen molar-refractivity contribution in [3.63, 3.8) is 0 Å². The van der Waals surface area contributed by atoms with Crippen LogP contribution in [0.25, 0.3) is 10.9 Å². The molecule has 0 amide bonds. The highest BCUT2D eigenvalue weighted by atomic mass is 32.2. The van der Waals surface area contributed by atoms with Crippen LogP contribution in [0.5, 0.6) is 0 Å². The first-order valence-electron chi connectivity index (χ1n) is 5.55. The lowest BCUT2D eigenvalue weighted by Crippen LogP contribution is -1.97. The number of nitrogen functional groups attached to an aromatic ring is 1. The van der Waals surface area contributed by atoms with Crippen molar-refractivity contribution in [2.24, 2.45) is 5.92 Å². The van der Waals surface area contributed by atoms with E-state index in [1.54, 1.807) is 6.20 Å². The Kier molecular flexibility index (Phi) is 3.52. The van der Waals surface area contributed by atoms with Gasteiger partial charge in [-0.25, -0.2) is 4.39 Å².